The molecule has 4 heterocycles. The molecular formula is C56H72F10N8O2S2Si. The second-order valence-corrected chi connectivity index (χ2v) is 29.2. The molecule has 8 aromatic rings. The SMILES string of the molecule is COc1cc(C(C)C)ccc1-n1cnc(C)c1.Cc1cn(-c2ccc(C(C)C)cc2OF)cn1.Cc1cn(-c2ccc(C(C)C)cc2S(F)(F)(F)(F)F)cn1.Cc1cn(-c2ccc(C(C)C)cc2[Si](C)(C)C)cn1.FS(F)(F)F. The van der Waals surface area contributed by atoms with Crippen molar-refractivity contribution >= 4 is 35.1 Å². The van der Waals surface area contributed by atoms with E-state index in [9.17, 15) is 39.5 Å². The largest absolute Gasteiger partial charge is 0.495 e. The minimum absolute atomic E-state index is 0.207. The highest BCUT2D eigenvalue weighted by Gasteiger charge is 2.67. The Bertz CT molecular complexity index is 3170. The van der Waals surface area contributed by atoms with E-state index in [0.717, 1.165) is 51.0 Å². The number of hydrogen-bond donors (Lipinski definition) is 0. The number of hydrogen-bond acceptors (Lipinski definition) is 6. The van der Waals surface area contributed by atoms with Gasteiger partial charge in [-0.1, -0.05) is 140 Å². The van der Waals surface area contributed by atoms with Crippen LogP contribution in [0.2, 0.25) is 19.6 Å². The molecule has 0 aliphatic rings. The summed E-state index contributed by atoms with van der Waals surface area (Å²) < 4.78 is 131. The van der Waals surface area contributed by atoms with Gasteiger partial charge in [-0.3, -0.25) is 4.94 Å². The lowest BCUT2D eigenvalue weighted by atomic mass is 10.0. The Labute approximate surface area is 461 Å². The highest BCUT2D eigenvalue weighted by Crippen LogP contribution is 3.02. The maximum Gasteiger partial charge on any atom is 0.379 e. The lowest BCUT2D eigenvalue weighted by Crippen LogP contribution is -2.40. The fourth-order valence-electron chi connectivity index (χ4n) is 7.79. The second-order valence-electron chi connectivity index (χ2n) is 21.1. The summed E-state index contributed by atoms with van der Waals surface area (Å²) >= 11 is -6.17. The average Bonchev–Trinajstić information content (AvgIpc) is 4.27. The number of halogens is 10. The van der Waals surface area contributed by atoms with Crippen LogP contribution in [-0.2, 0) is 0 Å². The predicted octanol–water partition coefficient (Wildman–Crippen LogP) is 19.0. The van der Waals surface area contributed by atoms with Gasteiger partial charge in [-0.15, -0.1) is 0 Å². The molecule has 0 saturated carbocycles. The van der Waals surface area contributed by atoms with Crippen LogP contribution in [0.4, 0.5) is 39.5 Å². The zero-order valence-corrected chi connectivity index (χ0v) is 50.0. The molecule has 0 radical (unpaired) electrons. The molecule has 79 heavy (non-hydrogen) atoms. The fraction of sp³-hybridized carbons (Fsp3) is 0.357. The minimum Gasteiger partial charge on any atom is -0.495 e. The predicted molar refractivity (Wildman–Crippen MR) is 304 cm³/mol. The lowest BCUT2D eigenvalue weighted by molar-refractivity contribution is -0.00631. The Morgan fingerprint density at radius 1 is 0.456 bits per heavy atom. The van der Waals surface area contributed by atoms with Crippen LogP contribution in [0.25, 0.3) is 22.7 Å². The zero-order valence-electron chi connectivity index (χ0n) is 47.3. The van der Waals surface area contributed by atoms with Crippen LogP contribution in [0.3, 0.4) is 0 Å². The molecule has 0 aliphatic heterocycles. The summed E-state index contributed by atoms with van der Waals surface area (Å²) in [6.45, 7) is 30.9. The molecule has 0 amide bonds. The summed E-state index contributed by atoms with van der Waals surface area (Å²) in [4.78, 5) is 18.6. The molecule has 0 spiro atoms. The molecule has 4 aromatic carbocycles. The molecule has 0 bridgehead atoms. The van der Waals surface area contributed by atoms with Gasteiger partial charge in [0.1, 0.15) is 10.6 Å². The maximum absolute atomic E-state index is 13.3. The van der Waals surface area contributed by atoms with E-state index in [1.807, 2.05) is 62.5 Å². The molecule has 0 aliphatic carbocycles. The summed E-state index contributed by atoms with van der Waals surface area (Å²) in [5, 5.41) is 1.51. The van der Waals surface area contributed by atoms with Gasteiger partial charge < -0.3 is 23.0 Å². The minimum atomic E-state index is -9.80. The van der Waals surface area contributed by atoms with Crippen molar-refractivity contribution in [2.75, 3.05) is 7.11 Å². The molecule has 8 rings (SSSR count). The molecule has 0 atom stereocenters. The average molecular weight is 1170 g/mol. The van der Waals surface area contributed by atoms with Gasteiger partial charge in [0.15, 0.2) is 5.75 Å². The van der Waals surface area contributed by atoms with E-state index >= 15 is 0 Å². The maximum atomic E-state index is 13.3. The van der Waals surface area contributed by atoms with Gasteiger partial charge in [0.2, 0.25) is 0 Å². The van der Waals surface area contributed by atoms with E-state index in [0.29, 0.717) is 35.2 Å². The first-order chi connectivity index (χ1) is 36.3. The number of nitrogens with zero attached hydrogens (tertiary/aromatic N) is 8. The molecule has 4 aromatic heterocycles. The van der Waals surface area contributed by atoms with Gasteiger partial charge in [0.25, 0.3) is 0 Å². The van der Waals surface area contributed by atoms with Crippen molar-refractivity contribution in [1.29, 1.82) is 0 Å². The van der Waals surface area contributed by atoms with Crippen molar-refractivity contribution in [1.82, 2.24) is 38.2 Å². The normalized spacial score (nSPS) is 12.8. The number of benzene rings is 4. The number of rotatable bonds is 12. The van der Waals surface area contributed by atoms with Crippen LogP contribution in [0.15, 0.2) is 128 Å². The van der Waals surface area contributed by atoms with Crippen LogP contribution < -0.4 is 14.9 Å². The molecule has 0 N–H and O–H groups in total. The second kappa shape index (κ2) is 25.3. The molecule has 434 valence electrons. The van der Waals surface area contributed by atoms with E-state index in [1.165, 1.54) is 34.3 Å². The number of aryl methyl sites for hydroxylation is 4. The third kappa shape index (κ3) is 19.4. The fourth-order valence-corrected chi connectivity index (χ4v) is 10.3. The summed E-state index contributed by atoms with van der Waals surface area (Å²) in [6.07, 6.45) is 13.7. The van der Waals surface area contributed by atoms with Crippen LogP contribution >= 0.6 is 21.8 Å². The van der Waals surface area contributed by atoms with Gasteiger partial charge in [-0.25, -0.2) is 19.9 Å². The Morgan fingerprint density at radius 2 is 0.747 bits per heavy atom. The van der Waals surface area contributed by atoms with Gasteiger partial charge in [0, 0.05) is 35.0 Å². The van der Waals surface area contributed by atoms with Crippen molar-refractivity contribution in [3.63, 3.8) is 0 Å². The van der Waals surface area contributed by atoms with Gasteiger partial charge in [0.05, 0.1) is 80.3 Å². The summed E-state index contributed by atoms with van der Waals surface area (Å²) in [5.41, 5.74) is 9.70. The first-order valence-corrected chi connectivity index (χ1v) is 31.8. The molecular weight excluding hydrogens is 1100 g/mol. The quantitative estimate of drug-likeness (QED) is 0.0894. The number of methoxy groups -OCH3 is 1. The number of imidazole rings is 4. The summed E-state index contributed by atoms with van der Waals surface area (Å²) in [5.74, 6) is 2.23. The van der Waals surface area contributed by atoms with Crippen molar-refractivity contribution in [2.45, 2.75) is 131 Å². The Kier molecular flexibility index (Phi) is 20.9. The van der Waals surface area contributed by atoms with Gasteiger partial charge >= 0.3 is 21.8 Å². The van der Waals surface area contributed by atoms with E-state index in [-0.39, 0.29) is 17.2 Å². The lowest BCUT2D eigenvalue weighted by Gasteiger charge is -2.42. The highest BCUT2D eigenvalue weighted by molar-refractivity contribution is 8.45. The number of aromatic nitrogens is 8. The molecule has 0 fully saturated rings. The molecule has 10 nitrogen and oxygen atoms in total. The van der Waals surface area contributed by atoms with E-state index in [2.05, 4.69) is 133 Å². The van der Waals surface area contributed by atoms with E-state index in [4.69, 9.17) is 4.74 Å². The standard InChI is InChI=1S/C16H24N2Si.C14H18N2O.C13H15F5N2S.C13H15FN2O.F4S/c1-12(2)14-7-8-15(16(9-14)19(4,5)6)18-10-13(3)17-11-18;1-10(2)12-5-6-13(14(7-12)17-4)16-8-11(3)15-9-16;1-9(2)11-4-5-12(20-7-10(3)19-8-20)13(6-11)21(14,15,16,17)18;1-9(2)11-4-5-12(13(6-11)17-14)16-7-10(3)15-8-16;1-5(2,3)4/h7-12H,1-6H3;5-10H,1-4H3;4-9H,1-3H3;4-9H,1-3H3;. The highest BCUT2D eigenvalue weighted by atomic mass is 32.5. The third-order valence-electron chi connectivity index (χ3n) is 12.1. The van der Waals surface area contributed by atoms with Gasteiger partial charge in [-0.05, 0) is 121 Å². The van der Waals surface area contributed by atoms with Crippen LogP contribution in [0.1, 0.15) is 124 Å². The molecule has 0 saturated heterocycles. The monoisotopic (exact) mass is 1170 g/mol. The number of ether oxygens (including phenoxy) is 1. The Morgan fingerprint density at radius 3 is 1.05 bits per heavy atom. The first-order valence-electron chi connectivity index (χ1n) is 25.1. The van der Waals surface area contributed by atoms with Gasteiger partial charge in [-0.2, -0.15) is 0 Å². The van der Waals surface area contributed by atoms with Crippen LogP contribution in [0, 0.1) is 27.7 Å². The Balaban J connectivity index is 0.000000221. The Hall–Kier alpha value is -6.46. The van der Waals surface area contributed by atoms with Crippen molar-refractivity contribution in [3.05, 3.63) is 168 Å². The van der Waals surface area contributed by atoms with E-state index < -0.39 is 40.5 Å². The topological polar surface area (TPSA) is 89.7 Å². The molecule has 23 heteroatoms. The van der Waals surface area contributed by atoms with Crippen LogP contribution in [-0.4, -0.2) is 53.4 Å². The zero-order chi connectivity index (χ0) is 59.6. The van der Waals surface area contributed by atoms with E-state index in [1.54, 1.807) is 44.8 Å². The molecule has 0 unspecified atom stereocenters. The third-order valence-corrected chi connectivity index (χ3v) is 15.3. The summed E-state index contributed by atoms with van der Waals surface area (Å²) in [7, 11) is -9.47. The van der Waals surface area contributed by atoms with Crippen LogP contribution in [0.5, 0.6) is 11.5 Å². The van der Waals surface area contributed by atoms with Crippen molar-refractivity contribution in [3.8, 4) is 34.2 Å². The smallest absolute Gasteiger partial charge is 0.379 e. The van der Waals surface area contributed by atoms with Crippen molar-refractivity contribution < 1.29 is 49.2 Å². The summed E-state index contributed by atoms with van der Waals surface area (Å²) in [6, 6.07) is 21.8. The van der Waals surface area contributed by atoms with Crippen molar-refractivity contribution in [2.24, 2.45) is 0 Å². The first kappa shape index (κ1) is 65.1.